The standard InChI is InChI=1S/C13H18N4O2/c1-9(18)8-14-6-7-15-13(19)12-10-4-2-3-5-11(10)16-17-12/h2-5,9,14,18H,6-8H2,1H3,(H,15,19)(H,16,17). The number of nitrogens with zero attached hydrogens (tertiary/aromatic N) is 1. The molecule has 1 heterocycles. The molecule has 1 atom stereocenters. The van der Waals surface area contributed by atoms with Crippen LogP contribution < -0.4 is 10.6 Å². The largest absolute Gasteiger partial charge is 0.392 e. The Kier molecular flexibility index (Phi) is 4.48. The van der Waals surface area contributed by atoms with Gasteiger partial charge in [-0.3, -0.25) is 9.89 Å². The van der Waals surface area contributed by atoms with Crippen LogP contribution in [-0.4, -0.2) is 46.9 Å². The molecule has 0 spiro atoms. The number of para-hydroxylation sites is 1. The van der Waals surface area contributed by atoms with Crippen LogP contribution in [0.3, 0.4) is 0 Å². The smallest absolute Gasteiger partial charge is 0.272 e. The van der Waals surface area contributed by atoms with Crippen molar-refractivity contribution in [3.8, 4) is 0 Å². The SMILES string of the molecule is CC(O)CNCCNC(=O)c1n[nH]c2ccccc12. The lowest BCUT2D eigenvalue weighted by molar-refractivity contribution is 0.0950. The quantitative estimate of drug-likeness (QED) is 0.562. The van der Waals surface area contributed by atoms with Gasteiger partial charge < -0.3 is 15.7 Å². The predicted molar refractivity (Wildman–Crippen MR) is 73.0 cm³/mol. The summed E-state index contributed by atoms with van der Waals surface area (Å²) in [7, 11) is 0. The number of amides is 1. The molecule has 1 amide bonds. The number of aromatic amines is 1. The summed E-state index contributed by atoms with van der Waals surface area (Å²) in [6.07, 6.45) is -0.383. The Morgan fingerprint density at radius 3 is 3.00 bits per heavy atom. The molecule has 0 radical (unpaired) electrons. The molecule has 0 saturated carbocycles. The molecule has 0 aliphatic rings. The van der Waals surface area contributed by atoms with Gasteiger partial charge in [0.05, 0.1) is 11.6 Å². The first-order valence-electron chi connectivity index (χ1n) is 6.28. The number of hydrogen-bond donors (Lipinski definition) is 4. The Morgan fingerprint density at radius 1 is 1.42 bits per heavy atom. The molecule has 0 aliphatic carbocycles. The third kappa shape index (κ3) is 3.52. The van der Waals surface area contributed by atoms with E-state index < -0.39 is 0 Å². The molecule has 6 nitrogen and oxygen atoms in total. The fourth-order valence-electron chi connectivity index (χ4n) is 1.80. The van der Waals surface area contributed by atoms with Gasteiger partial charge in [-0.1, -0.05) is 18.2 Å². The van der Waals surface area contributed by atoms with Crippen molar-refractivity contribution >= 4 is 16.8 Å². The van der Waals surface area contributed by atoms with Crippen molar-refractivity contribution in [2.75, 3.05) is 19.6 Å². The number of hydrogen-bond acceptors (Lipinski definition) is 4. The highest BCUT2D eigenvalue weighted by molar-refractivity contribution is 6.04. The minimum Gasteiger partial charge on any atom is -0.392 e. The molecule has 4 N–H and O–H groups in total. The van der Waals surface area contributed by atoms with Crippen LogP contribution in [0.15, 0.2) is 24.3 Å². The number of benzene rings is 1. The van der Waals surface area contributed by atoms with Crippen LogP contribution in [-0.2, 0) is 0 Å². The van der Waals surface area contributed by atoms with Crippen molar-refractivity contribution in [2.24, 2.45) is 0 Å². The predicted octanol–water partition coefficient (Wildman–Crippen LogP) is 0.263. The molecule has 2 aromatic rings. The van der Waals surface area contributed by atoms with Gasteiger partial charge in [-0.15, -0.1) is 0 Å². The van der Waals surface area contributed by atoms with E-state index in [1.165, 1.54) is 0 Å². The normalized spacial score (nSPS) is 12.5. The zero-order valence-corrected chi connectivity index (χ0v) is 10.8. The van der Waals surface area contributed by atoms with E-state index in [2.05, 4.69) is 20.8 Å². The lowest BCUT2D eigenvalue weighted by Gasteiger charge is -2.07. The van der Waals surface area contributed by atoms with Crippen LogP contribution in [0.25, 0.3) is 10.9 Å². The number of H-pyrrole nitrogens is 1. The molecule has 1 unspecified atom stereocenters. The van der Waals surface area contributed by atoms with Crippen LogP contribution in [0.4, 0.5) is 0 Å². The molecular weight excluding hydrogens is 244 g/mol. The summed E-state index contributed by atoms with van der Waals surface area (Å²) in [4.78, 5) is 11.9. The number of rotatable bonds is 6. The fourth-order valence-corrected chi connectivity index (χ4v) is 1.80. The van der Waals surface area contributed by atoms with Gasteiger partial charge in [0.1, 0.15) is 0 Å². The molecule has 0 bridgehead atoms. The first-order valence-corrected chi connectivity index (χ1v) is 6.28. The third-order valence-electron chi connectivity index (χ3n) is 2.71. The van der Waals surface area contributed by atoms with E-state index in [1.54, 1.807) is 6.92 Å². The Balaban J connectivity index is 1.86. The van der Waals surface area contributed by atoms with E-state index in [1.807, 2.05) is 24.3 Å². The molecular formula is C13H18N4O2. The van der Waals surface area contributed by atoms with Gasteiger partial charge >= 0.3 is 0 Å². The second kappa shape index (κ2) is 6.31. The van der Waals surface area contributed by atoms with Crippen molar-refractivity contribution in [3.05, 3.63) is 30.0 Å². The van der Waals surface area contributed by atoms with Gasteiger partial charge in [0.15, 0.2) is 5.69 Å². The topological polar surface area (TPSA) is 90.0 Å². The van der Waals surface area contributed by atoms with Gasteiger partial charge in [0, 0.05) is 25.0 Å². The molecule has 0 saturated heterocycles. The Morgan fingerprint density at radius 2 is 2.21 bits per heavy atom. The lowest BCUT2D eigenvalue weighted by Crippen LogP contribution is -2.34. The zero-order chi connectivity index (χ0) is 13.7. The average molecular weight is 262 g/mol. The van der Waals surface area contributed by atoms with Crippen molar-refractivity contribution < 1.29 is 9.90 Å². The first kappa shape index (κ1) is 13.5. The number of carbonyl (C=O) groups excluding carboxylic acids is 1. The third-order valence-corrected chi connectivity index (χ3v) is 2.71. The minimum atomic E-state index is -0.383. The summed E-state index contributed by atoms with van der Waals surface area (Å²) in [5, 5.41) is 22.5. The molecule has 1 aromatic carbocycles. The molecule has 19 heavy (non-hydrogen) atoms. The number of aromatic nitrogens is 2. The Bertz CT molecular complexity index is 550. The summed E-state index contributed by atoms with van der Waals surface area (Å²) in [6.45, 7) is 3.33. The number of aliphatic hydroxyl groups is 1. The number of fused-ring (bicyclic) bond motifs is 1. The van der Waals surface area contributed by atoms with Gasteiger partial charge in [-0.05, 0) is 13.0 Å². The zero-order valence-electron chi connectivity index (χ0n) is 10.8. The van der Waals surface area contributed by atoms with E-state index in [0.29, 0.717) is 25.3 Å². The Hall–Kier alpha value is -1.92. The number of aliphatic hydroxyl groups excluding tert-OH is 1. The van der Waals surface area contributed by atoms with E-state index >= 15 is 0 Å². The maximum absolute atomic E-state index is 11.9. The highest BCUT2D eigenvalue weighted by atomic mass is 16.3. The van der Waals surface area contributed by atoms with E-state index in [-0.39, 0.29) is 12.0 Å². The summed E-state index contributed by atoms with van der Waals surface area (Å²) < 4.78 is 0. The van der Waals surface area contributed by atoms with Crippen LogP contribution >= 0.6 is 0 Å². The molecule has 2 rings (SSSR count). The van der Waals surface area contributed by atoms with Gasteiger partial charge in [-0.2, -0.15) is 5.10 Å². The van der Waals surface area contributed by atoms with Crippen LogP contribution in [0.5, 0.6) is 0 Å². The van der Waals surface area contributed by atoms with Crippen LogP contribution in [0.1, 0.15) is 17.4 Å². The second-order valence-electron chi connectivity index (χ2n) is 4.43. The summed E-state index contributed by atoms with van der Waals surface area (Å²) in [5.74, 6) is -0.198. The Labute approximate surface area is 111 Å². The summed E-state index contributed by atoms with van der Waals surface area (Å²) in [5.41, 5.74) is 1.26. The number of carbonyl (C=O) groups is 1. The van der Waals surface area contributed by atoms with Gasteiger partial charge in [0.2, 0.25) is 0 Å². The van der Waals surface area contributed by atoms with Gasteiger partial charge in [0.25, 0.3) is 5.91 Å². The lowest BCUT2D eigenvalue weighted by atomic mass is 10.2. The first-order chi connectivity index (χ1) is 9.18. The van der Waals surface area contributed by atoms with Crippen LogP contribution in [0.2, 0.25) is 0 Å². The van der Waals surface area contributed by atoms with Crippen molar-refractivity contribution in [1.82, 2.24) is 20.8 Å². The summed E-state index contributed by atoms with van der Waals surface area (Å²) >= 11 is 0. The highest BCUT2D eigenvalue weighted by Gasteiger charge is 2.12. The monoisotopic (exact) mass is 262 g/mol. The van der Waals surface area contributed by atoms with E-state index in [4.69, 9.17) is 5.11 Å². The average Bonchev–Trinajstić information content (AvgIpc) is 2.81. The van der Waals surface area contributed by atoms with E-state index in [9.17, 15) is 4.79 Å². The summed E-state index contributed by atoms with van der Waals surface area (Å²) in [6, 6.07) is 7.50. The van der Waals surface area contributed by atoms with E-state index in [0.717, 1.165) is 10.9 Å². The van der Waals surface area contributed by atoms with Crippen molar-refractivity contribution in [1.29, 1.82) is 0 Å². The molecule has 0 aliphatic heterocycles. The van der Waals surface area contributed by atoms with Gasteiger partial charge in [-0.25, -0.2) is 0 Å². The fraction of sp³-hybridized carbons (Fsp3) is 0.385. The molecule has 6 heteroatoms. The maximum Gasteiger partial charge on any atom is 0.272 e. The van der Waals surface area contributed by atoms with Crippen molar-refractivity contribution in [3.63, 3.8) is 0 Å². The molecule has 102 valence electrons. The number of nitrogens with one attached hydrogen (secondary N) is 3. The highest BCUT2D eigenvalue weighted by Crippen LogP contribution is 2.14. The maximum atomic E-state index is 11.9. The molecule has 1 aromatic heterocycles. The van der Waals surface area contributed by atoms with Crippen molar-refractivity contribution in [2.45, 2.75) is 13.0 Å². The second-order valence-corrected chi connectivity index (χ2v) is 4.43. The van der Waals surface area contributed by atoms with Crippen LogP contribution in [0, 0.1) is 0 Å². The minimum absolute atomic E-state index is 0.198. The molecule has 0 fully saturated rings.